The van der Waals surface area contributed by atoms with Gasteiger partial charge in [0.15, 0.2) is 0 Å². The van der Waals surface area contributed by atoms with Gasteiger partial charge in [0.05, 0.1) is 0 Å². The Hall–Kier alpha value is -6.18. The highest BCUT2D eigenvalue weighted by molar-refractivity contribution is 6.31. The molecule has 9 aromatic carbocycles. The molecule has 0 saturated carbocycles. The first-order valence-electron chi connectivity index (χ1n) is 16.2. The van der Waals surface area contributed by atoms with Crippen molar-refractivity contribution in [1.82, 2.24) is 0 Å². The highest BCUT2D eigenvalue weighted by Crippen LogP contribution is 2.47. The molecule has 0 aliphatic rings. The third-order valence-corrected chi connectivity index (χ3v) is 9.85. The molecule has 0 N–H and O–H groups in total. The number of benzene rings is 9. The zero-order valence-electron chi connectivity index (χ0n) is 25.6. The Balaban J connectivity index is 1.30. The van der Waals surface area contributed by atoms with Crippen molar-refractivity contribution in [1.29, 1.82) is 0 Å². The molecule has 0 bridgehead atoms. The number of hydrogen-bond donors (Lipinski definition) is 0. The monoisotopic (exact) mass is 596 g/mol. The zero-order valence-corrected chi connectivity index (χ0v) is 25.6. The standard InChI is InChI=1S/C46H28O/c1-4-12-29(13-5-1)33-18-10-20-39-44-35(19-11-21-42(44)47-46(33)39)34-24-22-32-23-25-37-40(30-14-6-2-7-15-30)28-41(31-16-8-3-9-17-31)38-27-26-36(34)43(32)45(37)38/h1-28H. The topological polar surface area (TPSA) is 13.1 Å². The third kappa shape index (κ3) is 3.90. The van der Waals surface area contributed by atoms with E-state index in [-0.39, 0.29) is 0 Å². The van der Waals surface area contributed by atoms with Crippen LogP contribution in [-0.2, 0) is 0 Å². The highest BCUT2D eigenvalue weighted by atomic mass is 16.3. The van der Waals surface area contributed by atoms with Gasteiger partial charge in [-0.25, -0.2) is 0 Å². The van der Waals surface area contributed by atoms with Gasteiger partial charge in [-0.1, -0.05) is 158 Å². The number of fused-ring (bicyclic) bond motifs is 3. The predicted octanol–water partition coefficient (Wildman–Crippen LogP) is 13.2. The van der Waals surface area contributed by atoms with E-state index in [1.807, 2.05) is 0 Å². The minimum absolute atomic E-state index is 0.907. The van der Waals surface area contributed by atoms with Crippen molar-refractivity contribution in [3.63, 3.8) is 0 Å². The summed E-state index contributed by atoms with van der Waals surface area (Å²) >= 11 is 0. The smallest absolute Gasteiger partial charge is 0.143 e. The molecule has 1 aromatic heterocycles. The van der Waals surface area contributed by atoms with Crippen molar-refractivity contribution >= 4 is 54.3 Å². The van der Waals surface area contributed by atoms with Crippen LogP contribution < -0.4 is 0 Å². The van der Waals surface area contributed by atoms with Gasteiger partial charge in [0.25, 0.3) is 0 Å². The van der Waals surface area contributed by atoms with Crippen LogP contribution in [0.25, 0.3) is 98.8 Å². The number of rotatable bonds is 4. The van der Waals surface area contributed by atoms with E-state index in [4.69, 9.17) is 4.42 Å². The average Bonchev–Trinajstić information content (AvgIpc) is 3.54. The van der Waals surface area contributed by atoms with Gasteiger partial charge < -0.3 is 4.42 Å². The number of furan rings is 1. The average molecular weight is 597 g/mol. The van der Waals surface area contributed by atoms with E-state index in [1.54, 1.807) is 0 Å². The Morgan fingerprint density at radius 2 is 0.830 bits per heavy atom. The molecule has 0 unspecified atom stereocenters. The van der Waals surface area contributed by atoms with Crippen LogP contribution in [0, 0.1) is 0 Å². The lowest BCUT2D eigenvalue weighted by Crippen LogP contribution is -1.92. The first-order valence-corrected chi connectivity index (χ1v) is 16.2. The molecule has 0 amide bonds. The maximum atomic E-state index is 6.65. The van der Waals surface area contributed by atoms with Crippen LogP contribution in [0.3, 0.4) is 0 Å². The quantitative estimate of drug-likeness (QED) is 0.184. The van der Waals surface area contributed by atoms with E-state index in [9.17, 15) is 0 Å². The van der Waals surface area contributed by atoms with E-state index in [0.717, 1.165) is 33.1 Å². The molecule has 1 heteroatoms. The lowest BCUT2D eigenvalue weighted by molar-refractivity contribution is 0.670. The molecule has 0 radical (unpaired) electrons. The Morgan fingerprint density at radius 1 is 0.298 bits per heavy atom. The molecule has 0 spiro atoms. The second kappa shape index (κ2) is 10.2. The number of para-hydroxylation sites is 1. The Labute approximate surface area is 272 Å². The molecule has 47 heavy (non-hydrogen) atoms. The van der Waals surface area contributed by atoms with Crippen LogP contribution in [0.15, 0.2) is 174 Å². The Bertz CT molecular complexity index is 2700. The van der Waals surface area contributed by atoms with Crippen molar-refractivity contribution < 1.29 is 4.42 Å². The molecule has 10 rings (SSSR count). The highest BCUT2D eigenvalue weighted by Gasteiger charge is 2.21. The van der Waals surface area contributed by atoms with Crippen molar-refractivity contribution in [2.75, 3.05) is 0 Å². The molecule has 1 nitrogen and oxygen atoms in total. The molecule has 0 fully saturated rings. The summed E-state index contributed by atoms with van der Waals surface area (Å²) in [7, 11) is 0. The first kappa shape index (κ1) is 26.1. The normalized spacial score (nSPS) is 11.8. The molecular formula is C46H28O. The first-order chi connectivity index (χ1) is 23.3. The molecule has 0 atom stereocenters. The summed E-state index contributed by atoms with van der Waals surface area (Å²) < 4.78 is 6.65. The van der Waals surface area contributed by atoms with Gasteiger partial charge in [0.1, 0.15) is 11.2 Å². The van der Waals surface area contributed by atoms with Crippen LogP contribution in [0.1, 0.15) is 0 Å². The molecule has 0 aliphatic carbocycles. The van der Waals surface area contributed by atoms with Gasteiger partial charge in [-0.05, 0) is 83.4 Å². The molecule has 10 aromatic rings. The SMILES string of the molecule is c1ccc(-c2cc(-c3ccccc3)c3ccc4c(-c5cccc6oc7c(-c8ccccc8)cccc7c56)ccc5ccc2c3c54)cc1. The minimum Gasteiger partial charge on any atom is -0.455 e. The van der Waals surface area contributed by atoms with Gasteiger partial charge in [0, 0.05) is 16.3 Å². The molecule has 1 heterocycles. The lowest BCUT2D eigenvalue weighted by atomic mass is 9.83. The Morgan fingerprint density at radius 3 is 1.49 bits per heavy atom. The van der Waals surface area contributed by atoms with Gasteiger partial charge in [0.2, 0.25) is 0 Å². The van der Waals surface area contributed by atoms with E-state index >= 15 is 0 Å². The largest absolute Gasteiger partial charge is 0.455 e. The lowest BCUT2D eigenvalue weighted by Gasteiger charge is -2.19. The number of hydrogen-bond acceptors (Lipinski definition) is 1. The fraction of sp³-hybridized carbons (Fsp3) is 0. The van der Waals surface area contributed by atoms with Gasteiger partial charge in [-0.2, -0.15) is 0 Å². The second-order valence-corrected chi connectivity index (χ2v) is 12.4. The summed E-state index contributed by atoms with van der Waals surface area (Å²) in [5.41, 5.74) is 11.5. The minimum atomic E-state index is 0.907. The van der Waals surface area contributed by atoms with Gasteiger partial charge >= 0.3 is 0 Å². The Kier molecular flexibility index (Phi) is 5.64. The summed E-state index contributed by atoms with van der Waals surface area (Å²) in [6.45, 7) is 0. The predicted molar refractivity (Wildman–Crippen MR) is 199 cm³/mol. The third-order valence-electron chi connectivity index (χ3n) is 9.85. The zero-order chi connectivity index (χ0) is 30.9. The second-order valence-electron chi connectivity index (χ2n) is 12.4. The summed E-state index contributed by atoms with van der Waals surface area (Å²) in [6, 6.07) is 61.4. The van der Waals surface area contributed by atoms with E-state index in [1.165, 1.54) is 65.7 Å². The fourth-order valence-electron chi connectivity index (χ4n) is 7.76. The van der Waals surface area contributed by atoms with E-state index < -0.39 is 0 Å². The molecule has 0 saturated heterocycles. The van der Waals surface area contributed by atoms with Crippen LogP contribution in [0.2, 0.25) is 0 Å². The van der Waals surface area contributed by atoms with Gasteiger partial charge in [-0.15, -0.1) is 0 Å². The van der Waals surface area contributed by atoms with Crippen molar-refractivity contribution in [2.45, 2.75) is 0 Å². The summed E-state index contributed by atoms with van der Waals surface area (Å²) in [6.07, 6.45) is 0. The maximum Gasteiger partial charge on any atom is 0.143 e. The van der Waals surface area contributed by atoms with Crippen LogP contribution >= 0.6 is 0 Å². The maximum absolute atomic E-state index is 6.65. The van der Waals surface area contributed by atoms with Crippen LogP contribution in [0.5, 0.6) is 0 Å². The van der Waals surface area contributed by atoms with Crippen molar-refractivity contribution in [3.05, 3.63) is 170 Å². The fourth-order valence-corrected chi connectivity index (χ4v) is 7.76. The van der Waals surface area contributed by atoms with E-state index in [0.29, 0.717) is 0 Å². The van der Waals surface area contributed by atoms with E-state index in [2.05, 4.69) is 170 Å². The summed E-state index contributed by atoms with van der Waals surface area (Å²) in [4.78, 5) is 0. The van der Waals surface area contributed by atoms with Crippen molar-refractivity contribution in [2.24, 2.45) is 0 Å². The van der Waals surface area contributed by atoms with Gasteiger partial charge in [-0.3, -0.25) is 0 Å². The molecule has 218 valence electrons. The molecular weight excluding hydrogens is 569 g/mol. The van der Waals surface area contributed by atoms with Crippen molar-refractivity contribution in [3.8, 4) is 44.5 Å². The molecule has 0 aliphatic heterocycles. The summed E-state index contributed by atoms with van der Waals surface area (Å²) in [5.74, 6) is 0. The van der Waals surface area contributed by atoms with Crippen LogP contribution in [0.4, 0.5) is 0 Å². The van der Waals surface area contributed by atoms with Crippen LogP contribution in [-0.4, -0.2) is 0 Å². The summed E-state index contributed by atoms with van der Waals surface area (Å²) in [5, 5.41) is 9.99.